The molecule has 0 saturated heterocycles. The van der Waals surface area contributed by atoms with Gasteiger partial charge in [0.1, 0.15) is 18.3 Å². The van der Waals surface area contributed by atoms with Gasteiger partial charge in [-0.25, -0.2) is 0 Å². The molecule has 0 unspecified atom stereocenters. The Kier molecular flexibility index (Phi) is 8.37. The van der Waals surface area contributed by atoms with Crippen LogP contribution in [0.5, 0.6) is 0 Å². The van der Waals surface area contributed by atoms with E-state index >= 15 is 0 Å². The Morgan fingerprint density at radius 2 is 1.75 bits per heavy atom. The zero-order valence-electron chi connectivity index (χ0n) is 9.67. The lowest BCUT2D eigenvalue weighted by atomic mass is 10.0. The number of aliphatic hydroxyl groups is 4. The van der Waals surface area contributed by atoms with Crippen LogP contribution in [0.15, 0.2) is 0 Å². The number of rotatable bonds is 9. The first-order valence-corrected chi connectivity index (χ1v) is 5.72. The summed E-state index contributed by atoms with van der Waals surface area (Å²) in [6.07, 6.45) is -0.828. The second-order valence-electron chi connectivity index (χ2n) is 3.96. The minimum Gasteiger partial charge on any atom is -0.394 e. The maximum absolute atomic E-state index is 11.4. The van der Waals surface area contributed by atoms with E-state index in [0.29, 0.717) is 6.42 Å². The van der Waals surface area contributed by atoms with Crippen molar-refractivity contribution in [3.8, 4) is 0 Å². The summed E-state index contributed by atoms with van der Waals surface area (Å²) in [4.78, 5) is 11.4. The molecule has 0 aliphatic heterocycles. The normalized spacial score (nSPS) is 16.8. The molecule has 16 heavy (non-hydrogen) atoms. The quantitative estimate of drug-likeness (QED) is 0.407. The Hall–Kier alpha value is -0.490. The number of unbranched alkanes of at least 4 members (excludes halogenated alkanes) is 3. The molecule has 0 aromatic heterocycles. The molecule has 0 radical (unpaired) electrons. The van der Waals surface area contributed by atoms with E-state index in [1.54, 1.807) is 0 Å². The van der Waals surface area contributed by atoms with Crippen molar-refractivity contribution in [3.63, 3.8) is 0 Å². The fraction of sp³-hybridized carbons (Fsp3) is 0.909. The molecule has 0 aliphatic rings. The van der Waals surface area contributed by atoms with E-state index in [-0.39, 0.29) is 6.42 Å². The smallest absolute Gasteiger partial charge is 0.164 e. The van der Waals surface area contributed by atoms with Crippen molar-refractivity contribution in [2.75, 3.05) is 6.61 Å². The molecule has 5 nitrogen and oxygen atoms in total. The zero-order chi connectivity index (χ0) is 12.6. The van der Waals surface area contributed by atoms with Gasteiger partial charge in [-0.1, -0.05) is 26.2 Å². The Bertz CT molecular complexity index is 195. The maximum atomic E-state index is 11.4. The Balaban J connectivity index is 3.88. The van der Waals surface area contributed by atoms with E-state index in [0.717, 1.165) is 19.3 Å². The van der Waals surface area contributed by atoms with Crippen LogP contribution in [0.2, 0.25) is 0 Å². The predicted molar refractivity (Wildman–Crippen MR) is 58.9 cm³/mol. The van der Waals surface area contributed by atoms with E-state index in [1.165, 1.54) is 0 Å². The second kappa shape index (κ2) is 8.64. The highest BCUT2D eigenvalue weighted by Crippen LogP contribution is 2.08. The van der Waals surface area contributed by atoms with Gasteiger partial charge >= 0.3 is 0 Å². The van der Waals surface area contributed by atoms with Crippen LogP contribution in [-0.4, -0.2) is 51.1 Å². The first-order chi connectivity index (χ1) is 7.54. The van der Waals surface area contributed by atoms with Gasteiger partial charge in [0.2, 0.25) is 0 Å². The number of carbonyl (C=O) groups excluding carboxylic acids is 1. The van der Waals surface area contributed by atoms with Gasteiger partial charge in [0.15, 0.2) is 5.78 Å². The molecule has 0 bridgehead atoms. The average Bonchev–Trinajstić information content (AvgIpc) is 2.31. The molecular formula is C11H22O5. The van der Waals surface area contributed by atoms with Gasteiger partial charge in [-0.05, 0) is 6.42 Å². The number of carbonyl (C=O) groups is 1. The van der Waals surface area contributed by atoms with Gasteiger partial charge in [-0.15, -0.1) is 0 Å². The highest BCUT2D eigenvalue weighted by molar-refractivity contribution is 5.83. The molecule has 0 rings (SSSR count). The molecule has 4 N–H and O–H groups in total. The molecule has 96 valence electrons. The van der Waals surface area contributed by atoms with Crippen molar-refractivity contribution in [1.29, 1.82) is 0 Å². The van der Waals surface area contributed by atoms with Crippen LogP contribution < -0.4 is 0 Å². The molecule has 5 heteroatoms. The van der Waals surface area contributed by atoms with E-state index in [1.807, 2.05) is 0 Å². The third-order valence-corrected chi connectivity index (χ3v) is 2.51. The van der Waals surface area contributed by atoms with Crippen molar-refractivity contribution in [1.82, 2.24) is 0 Å². The third-order valence-electron chi connectivity index (χ3n) is 2.51. The van der Waals surface area contributed by atoms with Gasteiger partial charge in [0.25, 0.3) is 0 Å². The minimum absolute atomic E-state index is 0.191. The standard InChI is InChI=1S/C11H22O5/c1-2-3-4-5-6-8(13)10(15)11(16)9(14)7-12/h9-12,14-16H,2-7H2,1H3/t9-,10+,11+/m1/s1. The van der Waals surface area contributed by atoms with Gasteiger partial charge in [-0.3, -0.25) is 4.79 Å². The summed E-state index contributed by atoms with van der Waals surface area (Å²) in [6, 6.07) is 0. The van der Waals surface area contributed by atoms with Gasteiger partial charge in [0.05, 0.1) is 6.61 Å². The summed E-state index contributed by atoms with van der Waals surface area (Å²) in [7, 11) is 0. The SMILES string of the molecule is CCCCCCC(=O)[C@H](O)[C@@H](O)[C@H](O)CO. The van der Waals surface area contributed by atoms with E-state index in [9.17, 15) is 15.0 Å². The summed E-state index contributed by atoms with van der Waals surface area (Å²) in [5.41, 5.74) is 0. The third kappa shape index (κ3) is 5.55. The van der Waals surface area contributed by atoms with Crippen LogP contribution in [0, 0.1) is 0 Å². The molecule has 0 fully saturated rings. The molecule has 0 aromatic rings. The van der Waals surface area contributed by atoms with Crippen molar-refractivity contribution < 1.29 is 25.2 Å². The molecule has 3 atom stereocenters. The van der Waals surface area contributed by atoms with Gasteiger partial charge in [0, 0.05) is 6.42 Å². The second-order valence-corrected chi connectivity index (χ2v) is 3.96. The summed E-state index contributed by atoms with van der Waals surface area (Å²) in [5, 5.41) is 36.2. The van der Waals surface area contributed by atoms with Crippen LogP contribution in [0.1, 0.15) is 39.0 Å². The number of hydrogen-bond acceptors (Lipinski definition) is 5. The number of aliphatic hydroxyl groups excluding tert-OH is 4. The first kappa shape index (κ1) is 15.5. The first-order valence-electron chi connectivity index (χ1n) is 5.72. The lowest BCUT2D eigenvalue weighted by Gasteiger charge is -2.20. The molecule has 0 spiro atoms. The average molecular weight is 234 g/mol. The van der Waals surface area contributed by atoms with Gasteiger partial charge < -0.3 is 20.4 Å². The molecule has 0 heterocycles. The molecule has 0 amide bonds. The Morgan fingerprint density at radius 1 is 1.12 bits per heavy atom. The summed E-state index contributed by atoms with van der Waals surface area (Å²) in [5.74, 6) is -0.490. The van der Waals surface area contributed by atoms with Crippen LogP contribution in [0.4, 0.5) is 0 Å². The van der Waals surface area contributed by atoms with E-state index in [2.05, 4.69) is 6.92 Å². The van der Waals surface area contributed by atoms with E-state index < -0.39 is 30.7 Å². The number of Topliss-reactive ketones (excluding diaryl/α,β-unsaturated/α-hetero) is 1. The van der Waals surface area contributed by atoms with Crippen LogP contribution >= 0.6 is 0 Å². The predicted octanol–water partition coefficient (Wildman–Crippen LogP) is -0.399. The Morgan fingerprint density at radius 3 is 2.25 bits per heavy atom. The van der Waals surface area contributed by atoms with E-state index in [4.69, 9.17) is 10.2 Å². The highest BCUT2D eigenvalue weighted by atomic mass is 16.4. The number of ketones is 1. The Labute approximate surface area is 95.7 Å². The molecule has 0 aromatic carbocycles. The summed E-state index contributed by atoms with van der Waals surface area (Å²) in [6.45, 7) is 1.37. The molecule has 0 saturated carbocycles. The van der Waals surface area contributed by atoms with Crippen LogP contribution in [0.25, 0.3) is 0 Å². The monoisotopic (exact) mass is 234 g/mol. The fourth-order valence-corrected chi connectivity index (χ4v) is 1.38. The van der Waals surface area contributed by atoms with Crippen molar-refractivity contribution in [2.45, 2.75) is 57.3 Å². The lowest BCUT2D eigenvalue weighted by Crippen LogP contribution is -2.43. The molecular weight excluding hydrogens is 212 g/mol. The van der Waals surface area contributed by atoms with Crippen LogP contribution in [-0.2, 0) is 4.79 Å². The van der Waals surface area contributed by atoms with Crippen LogP contribution in [0.3, 0.4) is 0 Å². The fourth-order valence-electron chi connectivity index (χ4n) is 1.38. The summed E-state index contributed by atoms with van der Waals surface area (Å²) < 4.78 is 0. The topological polar surface area (TPSA) is 98.0 Å². The highest BCUT2D eigenvalue weighted by Gasteiger charge is 2.28. The van der Waals surface area contributed by atoms with Gasteiger partial charge in [-0.2, -0.15) is 0 Å². The minimum atomic E-state index is -1.61. The lowest BCUT2D eigenvalue weighted by molar-refractivity contribution is -0.140. The van der Waals surface area contributed by atoms with Crippen molar-refractivity contribution in [2.24, 2.45) is 0 Å². The molecule has 0 aliphatic carbocycles. The van der Waals surface area contributed by atoms with Crippen molar-refractivity contribution >= 4 is 5.78 Å². The largest absolute Gasteiger partial charge is 0.394 e. The number of hydrogen-bond donors (Lipinski definition) is 4. The van der Waals surface area contributed by atoms with Crippen molar-refractivity contribution in [3.05, 3.63) is 0 Å². The zero-order valence-corrected chi connectivity index (χ0v) is 9.67. The maximum Gasteiger partial charge on any atom is 0.164 e. The summed E-state index contributed by atoms with van der Waals surface area (Å²) >= 11 is 0.